The fraction of sp³-hybridized carbons (Fsp3) is 0.636. The molecule has 0 saturated heterocycles. The molecule has 0 radical (unpaired) electrons. The van der Waals surface area contributed by atoms with Crippen LogP contribution in [0.2, 0.25) is 0 Å². The van der Waals surface area contributed by atoms with Gasteiger partial charge in [-0.2, -0.15) is 0 Å². The molecule has 0 bridgehead atoms. The Bertz CT molecular complexity index is 360. The van der Waals surface area contributed by atoms with Crippen LogP contribution in [0, 0.1) is 5.41 Å². The van der Waals surface area contributed by atoms with Crippen molar-refractivity contribution in [2.45, 2.75) is 25.7 Å². The van der Waals surface area contributed by atoms with E-state index in [4.69, 9.17) is 5.11 Å². The third-order valence-electron chi connectivity index (χ3n) is 3.19. The Morgan fingerprint density at radius 2 is 2.19 bits per heavy atom. The lowest BCUT2D eigenvalue weighted by molar-refractivity contribution is -0.145. The summed E-state index contributed by atoms with van der Waals surface area (Å²) in [6, 6.07) is 0. The molecule has 0 atom stereocenters. The number of halogens is 1. The van der Waals surface area contributed by atoms with Gasteiger partial charge < -0.3 is 10.0 Å². The first-order valence-electron chi connectivity index (χ1n) is 5.39. The summed E-state index contributed by atoms with van der Waals surface area (Å²) in [5, 5.41) is 8.73. The van der Waals surface area contributed by atoms with Crippen molar-refractivity contribution < 1.29 is 19.1 Å². The van der Waals surface area contributed by atoms with Crippen LogP contribution in [-0.4, -0.2) is 35.0 Å². The van der Waals surface area contributed by atoms with Gasteiger partial charge in [-0.1, -0.05) is 0 Å². The summed E-state index contributed by atoms with van der Waals surface area (Å²) in [5.74, 6) is -1.46. The Morgan fingerprint density at radius 3 is 2.69 bits per heavy atom. The second-order valence-electron chi connectivity index (χ2n) is 4.52. The van der Waals surface area contributed by atoms with Gasteiger partial charge in [0.1, 0.15) is 5.83 Å². The van der Waals surface area contributed by atoms with Gasteiger partial charge in [0.25, 0.3) is 0 Å². The predicted octanol–water partition coefficient (Wildman–Crippen LogP) is 1.33. The molecule has 1 aliphatic heterocycles. The largest absolute Gasteiger partial charge is 0.481 e. The number of rotatable bonds is 3. The number of carbonyl (C=O) groups excluding carboxylic acids is 1. The topological polar surface area (TPSA) is 57.6 Å². The lowest BCUT2D eigenvalue weighted by Crippen LogP contribution is -2.41. The zero-order chi connectivity index (χ0) is 11.8. The van der Waals surface area contributed by atoms with E-state index in [0.717, 1.165) is 0 Å². The lowest BCUT2D eigenvalue weighted by atomic mass is 10.00. The van der Waals surface area contributed by atoms with Gasteiger partial charge >= 0.3 is 5.97 Å². The number of aliphatic carboxylic acids is 1. The van der Waals surface area contributed by atoms with E-state index in [1.54, 1.807) is 0 Å². The van der Waals surface area contributed by atoms with Crippen molar-refractivity contribution in [3.8, 4) is 0 Å². The summed E-state index contributed by atoms with van der Waals surface area (Å²) in [5.41, 5.74) is -0.733. The van der Waals surface area contributed by atoms with Crippen LogP contribution in [0.25, 0.3) is 0 Å². The Hall–Kier alpha value is -1.39. The Kier molecular flexibility index (Phi) is 2.69. The van der Waals surface area contributed by atoms with Gasteiger partial charge in [0.2, 0.25) is 5.91 Å². The average Bonchev–Trinajstić information content (AvgIpc) is 2.97. The third-order valence-corrected chi connectivity index (χ3v) is 3.19. The summed E-state index contributed by atoms with van der Waals surface area (Å²) in [6.07, 6.45) is 3.08. The normalized spacial score (nSPS) is 22.6. The monoisotopic (exact) mass is 227 g/mol. The number of carboxylic acid groups (broad SMARTS) is 1. The minimum atomic E-state index is -0.959. The number of amides is 1. The molecule has 0 spiro atoms. The van der Waals surface area contributed by atoms with Crippen LogP contribution in [0.4, 0.5) is 4.39 Å². The highest BCUT2D eigenvalue weighted by molar-refractivity contribution is 5.89. The first-order valence-corrected chi connectivity index (χ1v) is 5.39. The van der Waals surface area contributed by atoms with Gasteiger partial charge in [-0.3, -0.25) is 9.59 Å². The molecule has 0 aromatic rings. The molecule has 1 heterocycles. The Balaban J connectivity index is 2.02. The maximum absolute atomic E-state index is 13.0. The van der Waals surface area contributed by atoms with Crippen LogP contribution in [-0.2, 0) is 9.59 Å². The van der Waals surface area contributed by atoms with E-state index in [1.165, 1.54) is 11.0 Å². The number of carbonyl (C=O) groups is 2. The third kappa shape index (κ3) is 2.08. The standard InChI is InChI=1S/C11H14FNO3/c12-8-2-1-5-13(7-8)10(16)11(3-4-11)6-9(14)15/h2H,1,3-7H2,(H,14,15). The molecule has 5 heteroatoms. The molecular weight excluding hydrogens is 213 g/mol. The molecule has 0 unspecified atom stereocenters. The van der Waals surface area contributed by atoms with Crippen LogP contribution < -0.4 is 0 Å². The molecule has 1 fully saturated rings. The van der Waals surface area contributed by atoms with Gasteiger partial charge in [0.15, 0.2) is 0 Å². The van der Waals surface area contributed by atoms with Crippen LogP contribution in [0.3, 0.4) is 0 Å². The van der Waals surface area contributed by atoms with Gasteiger partial charge in [-0.05, 0) is 25.3 Å². The predicted molar refractivity (Wildman–Crippen MR) is 54.3 cm³/mol. The molecule has 1 N–H and O–H groups in total. The van der Waals surface area contributed by atoms with E-state index in [2.05, 4.69) is 0 Å². The summed E-state index contributed by atoms with van der Waals surface area (Å²) in [7, 11) is 0. The van der Waals surface area contributed by atoms with Crippen LogP contribution >= 0.6 is 0 Å². The second-order valence-corrected chi connectivity index (χ2v) is 4.52. The van der Waals surface area contributed by atoms with Gasteiger partial charge in [0, 0.05) is 6.54 Å². The van der Waals surface area contributed by atoms with Crippen LogP contribution in [0.15, 0.2) is 11.9 Å². The van der Waals surface area contributed by atoms with E-state index in [0.29, 0.717) is 25.8 Å². The fourth-order valence-corrected chi connectivity index (χ4v) is 2.12. The maximum Gasteiger partial charge on any atom is 0.304 e. The smallest absolute Gasteiger partial charge is 0.304 e. The second kappa shape index (κ2) is 3.88. The molecule has 16 heavy (non-hydrogen) atoms. The summed E-state index contributed by atoms with van der Waals surface area (Å²) < 4.78 is 13.0. The van der Waals surface area contributed by atoms with E-state index in [-0.39, 0.29) is 24.7 Å². The Morgan fingerprint density at radius 1 is 1.50 bits per heavy atom. The Labute approximate surface area is 92.7 Å². The first kappa shape index (κ1) is 11.1. The summed E-state index contributed by atoms with van der Waals surface area (Å²) in [4.78, 5) is 24.1. The lowest BCUT2D eigenvalue weighted by Gasteiger charge is -2.28. The molecule has 88 valence electrons. The minimum Gasteiger partial charge on any atom is -0.481 e. The first-order chi connectivity index (χ1) is 7.53. The highest BCUT2D eigenvalue weighted by Gasteiger charge is 2.53. The van der Waals surface area contributed by atoms with Crippen LogP contribution in [0.1, 0.15) is 25.7 Å². The molecule has 2 aliphatic rings. The highest BCUT2D eigenvalue weighted by atomic mass is 19.1. The van der Waals surface area contributed by atoms with Gasteiger partial charge in [-0.15, -0.1) is 0 Å². The van der Waals surface area contributed by atoms with Gasteiger partial charge in [-0.25, -0.2) is 4.39 Å². The van der Waals surface area contributed by atoms with E-state index in [1.807, 2.05) is 0 Å². The van der Waals surface area contributed by atoms with Crippen molar-refractivity contribution in [1.29, 1.82) is 0 Å². The number of hydrogen-bond acceptors (Lipinski definition) is 2. The van der Waals surface area contributed by atoms with Gasteiger partial charge in [0.05, 0.1) is 18.4 Å². The van der Waals surface area contributed by atoms with Crippen molar-refractivity contribution in [3.05, 3.63) is 11.9 Å². The fourth-order valence-electron chi connectivity index (χ4n) is 2.12. The highest BCUT2D eigenvalue weighted by Crippen LogP contribution is 2.50. The molecule has 1 saturated carbocycles. The van der Waals surface area contributed by atoms with Crippen molar-refractivity contribution >= 4 is 11.9 Å². The van der Waals surface area contributed by atoms with Crippen molar-refractivity contribution in [2.75, 3.05) is 13.1 Å². The average molecular weight is 227 g/mol. The quantitative estimate of drug-likeness (QED) is 0.791. The molecule has 1 amide bonds. The SMILES string of the molecule is O=C(O)CC1(C(=O)N2CCC=C(F)C2)CC1. The molecule has 2 rings (SSSR count). The van der Waals surface area contributed by atoms with E-state index >= 15 is 0 Å². The van der Waals surface area contributed by atoms with Crippen molar-refractivity contribution in [3.63, 3.8) is 0 Å². The summed E-state index contributed by atoms with van der Waals surface area (Å²) >= 11 is 0. The maximum atomic E-state index is 13.0. The number of hydrogen-bond donors (Lipinski definition) is 1. The van der Waals surface area contributed by atoms with Crippen LogP contribution in [0.5, 0.6) is 0 Å². The molecule has 4 nitrogen and oxygen atoms in total. The molecule has 0 aromatic heterocycles. The molecular formula is C11H14FNO3. The van der Waals surface area contributed by atoms with E-state index < -0.39 is 11.4 Å². The molecule has 1 aliphatic carbocycles. The molecule has 0 aromatic carbocycles. The minimum absolute atomic E-state index is 0.000201. The van der Waals surface area contributed by atoms with Crippen molar-refractivity contribution in [2.24, 2.45) is 5.41 Å². The van der Waals surface area contributed by atoms with E-state index in [9.17, 15) is 14.0 Å². The number of nitrogens with zero attached hydrogens (tertiary/aromatic N) is 1. The zero-order valence-electron chi connectivity index (χ0n) is 8.91. The van der Waals surface area contributed by atoms with Crippen molar-refractivity contribution in [1.82, 2.24) is 4.90 Å². The zero-order valence-corrected chi connectivity index (χ0v) is 8.91. The summed E-state index contributed by atoms with van der Waals surface area (Å²) in [6.45, 7) is 0.494. The number of carboxylic acids is 1.